The highest BCUT2D eigenvalue weighted by molar-refractivity contribution is 7.16. The van der Waals surface area contributed by atoms with Crippen LogP contribution in [0.15, 0.2) is 47.5 Å². The molecule has 158 valence electrons. The van der Waals surface area contributed by atoms with E-state index in [4.69, 9.17) is 9.47 Å². The molecule has 0 aliphatic heterocycles. The number of amides is 1. The smallest absolute Gasteiger partial charge is 0.279 e. The first-order valence-corrected chi connectivity index (χ1v) is 10.4. The Labute approximate surface area is 177 Å². The van der Waals surface area contributed by atoms with E-state index in [0.717, 1.165) is 17.5 Å². The Morgan fingerprint density at radius 3 is 2.63 bits per heavy atom. The van der Waals surface area contributed by atoms with E-state index in [0.29, 0.717) is 41.4 Å². The van der Waals surface area contributed by atoms with E-state index in [2.05, 4.69) is 11.9 Å². The van der Waals surface area contributed by atoms with E-state index in [1.165, 1.54) is 23.5 Å². The molecular weight excluding hydrogens is 406 g/mol. The van der Waals surface area contributed by atoms with Gasteiger partial charge in [-0.05, 0) is 36.8 Å². The maximum absolute atomic E-state index is 12.7. The van der Waals surface area contributed by atoms with Crippen LogP contribution in [-0.4, -0.2) is 35.7 Å². The number of benzene rings is 2. The molecule has 0 atom stereocenters. The molecule has 3 rings (SSSR count). The van der Waals surface area contributed by atoms with Crippen molar-refractivity contribution in [3.8, 4) is 5.75 Å². The molecule has 0 radical (unpaired) electrons. The highest BCUT2D eigenvalue weighted by Gasteiger charge is 2.13. The van der Waals surface area contributed by atoms with Crippen molar-refractivity contribution >= 4 is 33.1 Å². The van der Waals surface area contributed by atoms with Gasteiger partial charge in [0.05, 0.1) is 28.4 Å². The van der Waals surface area contributed by atoms with Gasteiger partial charge in [0, 0.05) is 31.4 Å². The molecule has 1 aromatic heterocycles. The lowest BCUT2D eigenvalue weighted by atomic mass is 10.2. The number of aromatic nitrogens is 1. The molecule has 1 heterocycles. The summed E-state index contributed by atoms with van der Waals surface area (Å²) in [4.78, 5) is 28.2. The van der Waals surface area contributed by atoms with Gasteiger partial charge in [0.2, 0.25) is 0 Å². The number of hydrogen-bond acceptors (Lipinski definition) is 6. The second kappa shape index (κ2) is 10.1. The average molecular weight is 429 g/mol. The number of rotatable bonds is 9. The van der Waals surface area contributed by atoms with Crippen molar-refractivity contribution < 1.29 is 19.2 Å². The number of non-ortho nitro benzene ring substituents is 1. The van der Waals surface area contributed by atoms with Crippen LogP contribution in [0.25, 0.3) is 10.2 Å². The normalized spacial score (nSPS) is 11.7. The fourth-order valence-corrected chi connectivity index (χ4v) is 3.87. The van der Waals surface area contributed by atoms with E-state index in [9.17, 15) is 14.9 Å². The number of nitro benzene ring substituents is 1. The van der Waals surface area contributed by atoms with Gasteiger partial charge in [-0.2, -0.15) is 4.99 Å². The molecule has 0 aliphatic rings. The van der Waals surface area contributed by atoms with Crippen LogP contribution in [0.1, 0.15) is 30.1 Å². The minimum Gasteiger partial charge on any atom is -0.494 e. The number of thiazole rings is 1. The van der Waals surface area contributed by atoms with Crippen molar-refractivity contribution in [2.75, 3.05) is 20.3 Å². The lowest BCUT2D eigenvalue weighted by Gasteiger charge is -2.05. The predicted molar refractivity (Wildman–Crippen MR) is 115 cm³/mol. The minimum absolute atomic E-state index is 0.0111. The number of ether oxygens (including phenoxy) is 2. The Hall–Kier alpha value is -3.04. The fourth-order valence-electron chi connectivity index (χ4n) is 2.83. The Morgan fingerprint density at radius 1 is 1.20 bits per heavy atom. The Balaban J connectivity index is 1.93. The second-order valence-electron chi connectivity index (χ2n) is 6.58. The standard InChI is InChI=1S/C21H23N3O5S/c1-3-4-12-29-17-8-5-15(6-9-17)20(25)22-21-23(11-13-28-2)18-14-16(24(26)27)7-10-19(18)30-21/h5-10,14H,3-4,11-13H2,1-2H3. The Kier molecular flexibility index (Phi) is 7.31. The van der Waals surface area contributed by atoms with Gasteiger partial charge in [0.25, 0.3) is 11.6 Å². The third-order valence-electron chi connectivity index (χ3n) is 4.46. The first-order valence-electron chi connectivity index (χ1n) is 9.62. The van der Waals surface area contributed by atoms with Crippen molar-refractivity contribution in [3.05, 3.63) is 62.9 Å². The summed E-state index contributed by atoms with van der Waals surface area (Å²) in [5.74, 6) is 0.326. The number of carbonyl (C=O) groups is 1. The van der Waals surface area contributed by atoms with Gasteiger partial charge in [-0.1, -0.05) is 24.7 Å². The topological polar surface area (TPSA) is 96.0 Å². The first-order chi connectivity index (χ1) is 14.5. The van der Waals surface area contributed by atoms with E-state index in [1.807, 2.05) is 0 Å². The molecule has 0 unspecified atom stereocenters. The molecule has 1 amide bonds. The van der Waals surface area contributed by atoms with Gasteiger partial charge < -0.3 is 14.0 Å². The molecule has 0 bridgehead atoms. The number of unbranched alkanes of at least 4 members (excludes halogenated alkanes) is 1. The van der Waals surface area contributed by atoms with Gasteiger partial charge in [-0.15, -0.1) is 0 Å². The lowest BCUT2D eigenvalue weighted by molar-refractivity contribution is -0.384. The third-order valence-corrected chi connectivity index (χ3v) is 5.52. The molecule has 9 heteroatoms. The Morgan fingerprint density at radius 2 is 1.97 bits per heavy atom. The van der Waals surface area contributed by atoms with Crippen molar-refractivity contribution in [3.63, 3.8) is 0 Å². The quantitative estimate of drug-likeness (QED) is 0.289. The number of methoxy groups -OCH3 is 1. The summed E-state index contributed by atoms with van der Waals surface area (Å²) in [6.45, 7) is 3.55. The van der Waals surface area contributed by atoms with Crippen LogP contribution in [0, 0.1) is 10.1 Å². The summed E-state index contributed by atoms with van der Waals surface area (Å²) < 4.78 is 13.4. The fraction of sp³-hybridized carbons (Fsp3) is 0.333. The highest BCUT2D eigenvalue weighted by Crippen LogP contribution is 2.23. The van der Waals surface area contributed by atoms with Crippen LogP contribution >= 0.6 is 11.3 Å². The van der Waals surface area contributed by atoms with Crippen LogP contribution in [0.3, 0.4) is 0 Å². The van der Waals surface area contributed by atoms with E-state index in [-0.39, 0.29) is 11.6 Å². The average Bonchev–Trinajstić information content (AvgIpc) is 3.08. The van der Waals surface area contributed by atoms with Crippen LogP contribution in [0.4, 0.5) is 5.69 Å². The second-order valence-corrected chi connectivity index (χ2v) is 7.59. The zero-order chi connectivity index (χ0) is 21.5. The van der Waals surface area contributed by atoms with E-state index in [1.54, 1.807) is 42.0 Å². The summed E-state index contributed by atoms with van der Waals surface area (Å²) in [6, 6.07) is 11.5. The van der Waals surface area contributed by atoms with Gasteiger partial charge in [0.15, 0.2) is 4.80 Å². The molecule has 0 fully saturated rings. The molecular formula is C21H23N3O5S. The summed E-state index contributed by atoms with van der Waals surface area (Å²) in [6.07, 6.45) is 2.03. The number of fused-ring (bicyclic) bond motifs is 1. The first kappa shape index (κ1) is 21.7. The zero-order valence-electron chi connectivity index (χ0n) is 16.9. The molecule has 2 aromatic carbocycles. The van der Waals surface area contributed by atoms with Crippen LogP contribution < -0.4 is 9.54 Å². The molecule has 3 aromatic rings. The number of carbonyl (C=O) groups excluding carboxylic acids is 1. The summed E-state index contributed by atoms with van der Waals surface area (Å²) in [5.41, 5.74) is 1.08. The summed E-state index contributed by atoms with van der Waals surface area (Å²) >= 11 is 1.31. The van der Waals surface area contributed by atoms with Crippen LogP contribution in [-0.2, 0) is 11.3 Å². The third kappa shape index (κ3) is 5.11. The molecule has 0 spiro atoms. The SMILES string of the molecule is CCCCOc1ccc(C(=O)N=c2sc3ccc([N+](=O)[O-])cc3n2CCOC)cc1. The van der Waals surface area contributed by atoms with E-state index >= 15 is 0 Å². The molecule has 8 nitrogen and oxygen atoms in total. The van der Waals surface area contributed by atoms with Crippen molar-refractivity contribution in [2.24, 2.45) is 4.99 Å². The zero-order valence-corrected chi connectivity index (χ0v) is 17.7. The molecule has 0 saturated carbocycles. The highest BCUT2D eigenvalue weighted by atomic mass is 32.1. The molecule has 0 N–H and O–H groups in total. The predicted octanol–water partition coefficient (Wildman–Crippen LogP) is 4.18. The number of nitro groups is 1. The van der Waals surface area contributed by atoms with Crippen LogP contribution in [0.5, 0.6) is 5.75 Å². The maximum atomic E-state index is 12.7. The Bertz CT molecular complexity index is 1100. The molecule has 0 saturated heterocycles. The van der Waals surface area contributed by atoms with Gasteiger partial charge in [-0.3, -0.25) is 14.9 Å². The van der Waals surface area contributed by atoms with Crippen molar-refractivity contribution in [1.82, 2.24) is 4.57 Å². The number of hydrogen-bond donors (Lipinski definition) is 0. The number of nitrogens with zero attached hydrogens (tertiary/aromatic N) is 3. The van der Waals surface area contributed by atoms with Gasteiger partial charge in [-0.25, -0.2) is 0 Å². The monoisotopic (exact) mass is 429 g/mol. The summed E-state index contributed by atoms with van der Waals surface area (Å²) in [5, 5.41) is 11.1. The van der Waals surface area contributed by atoms with Gasteiger partial charge in [0.1, 0.15) is 5.75 Å². The maximum Gasteiger partial charge on any atom is 0.279 e. The largest absolute Gasteiger partial charge is 0.494 e. The van der Waals surface area contributed by atoms with Crippen molar-refractivity contribution in [2.45, 2.75) is 26.3 Å². The lowest BCUT2D eigenvalue weighted by Crippen LogP contribution is -2.19. The summed E-state index contributed by atoms with van der Waals surface area (Å²) in [7, 11) is 1.57. The molecule has 30 heavy (non-hydrogen) atoms. The van der Waals surface area contributed by atoms with Gasteiger partial charge >= 0.3 is 0 Å². The van der Waals surface area contributed by atoms with Crippen LogP contribution in [0.2, 0.25) is 0 Å². The van der Waals surface area contributed by atoms with E-state index < -0.39 is 4.92 Å². The molecule has 0 aliphatic carbocycles. The minimum atomic E-state index is -0.441. The van der Waals surface area contributed by atoms with Crippen molar-refractivity contribution in [1.29, 1.82) is 0 Å².